The van der Waals surface area contributed by atoms with Crippen LogP contribution in [0.15, 0.2) is 53.5 Å². The van der Waals surface area contributed by atoms with Crippen molar-refractivity contribution in [2.45, 2.75) is 20.0 Å². The Bertz CT molecular complexity index is 788. The van der Waals surface area contributed by atoms with E-state index in [2.05, 4.69) is 11.9 Å². The summed E-state index contributed by atoms with van der Waals surface area (Å²) in [5.41, 5.74) is 1.31. The molecule has 0 unspecified atom stereocenters. The topological polar surface area (TPSA) is 85.6 Å². The Balaban J connectivity index is 2.04. The van der Waals surface area contributed by atoms with Gasteiger partial charge in [0.1, 0.15) is 5.76 Å². The third-order valence-electron chi connectivity index (χ3n) is 3.46. The number of carbonyl (C=O) groups excluding carboxylic acids is 3. The monoisotopic (exact) mass is 341 g/mol. The summed E-state index contributed by atoms with van der Waals surface area (Å²) in [5, 5.41) is 2.54. The molecule has 130 valence electrons. The fraction of sp³-hybridized carbons (Fsp3) is 0.211. The lowest BCUT2D eigenvalue weighted by Gasteiger charge is -2.11. The molecule has 1 heterocycles. The van der Waals surface area contributed by atoms with Gasteiger partial charge in [0.25, 0.3) is 5.91 Å². The van der Waals surface area contributed by atoms with Gasteiger partial charge in [-0.25, -0.2) is 4.79 Å². The van der Waals surface area contributed by atoms with Crippen LogP contribution in [0.1, 0.15) is 34.8 Å². The number of nitrogens with one attached hydrogen (secondary N) is 1. The van der Waals surface area contributed by atoms with Gasteiger partial charge in [-0.05, 0) is 26.0 Å². The van der Waals surface area contributed by atoms with E-state index in [9.17, 15) is 14.4 Å². The van der Waals surface area contributed by atoms with Crippen molar-refractivity contribution in [3.8, 4) is 11.3 Å². The first kappa shape index (κ1) is 18.2. The summed E-state index contributed by atoms with van der Waals surface area (Å²) >= 11 is 0. The normalized spacial score (nSPS) is 11.4. The Morgan fingerprint density at radius 2 is 1.88 bits per heavy atom. The number of ketones is 1. The van der Waals surface area contributed by atoms with Gasteiger partial charge in [-0.3, -0.25) is 9.59 Å². The minimum atomic E-state index is -0.948. The van der Waals surface area contributed by atoms with Gasteiger partial charge < -0.3 is 14.5 Å². The van der Waals surface area contributed by atoms with Crippen molar-refractivity contribution in [2.24, 2.45) is 0 Å². The van der Waals surface area contributed by atoms with E-state index in [1.165, 1.54) is 26.0 Å². The van der Waals surface area contributed by atoms with Gasteiger partial charge in [0, 0.05) is 17.7 Å². The quantitative estimate of drug-likeness (QED) is 0.475. The lowest BCUT2D eigenvalue weighted by atomic mass is 10.1. The van der Waals surface area contributed by atoms with Crippen molar-refractivity contribution in [3.05, 3.63) is 60.4 Å². The molecule has 2 aromatic rings. The van der Waals surface area contributed by atoms with Gasteiger partial charge >= 0.3 is 5.97 Å². The van der Waals surface area contributed by atoms with Gasteiger partial charge in [-0.2, -0.15) is 0 Å². The largest absolute Gasteiger partial charge is 0.449 e. The highest BCUT2D eigenvalue weighted by molar-refractivity contribution is 5.94. The molecule has 0 aliphatic heterocycles. The van der Waals surface area contributed by atoms with Crippen molar-refractivity contribution in [2.75, 3.05) is 6.54 Å². The smallest absolute Gasteiger partial charge is 0.375 e. The summed E-state index contributed by atoms with van der Waals surface area (Å²) in [6.07, 6.45) is 0.582. The minimum Gasteiger partial charge on any atom is -0.449 e. The first-order valence-electron chi connectivity index (χ1n) is 7.73. The zero-order chi connectivity index (χ0) is 18.4. The summed E-state index contributed by atoms with van der Waals surface area (Å²) in [5.74, 6) is -0.716. The molecule has 2 rings (SSSR count). The SMILES string of the molecule is C=CCNC(=O)[C@@H](C)OC(=O)c1ccc(-c2ccc(C(C)=O)cc2)o1. The Morgan fingerprint density at radius 1 is 1.20 bits per heavy atom. The van der Waals surface area contributed by atoms with Crippen LogP contribution in [0.5, 0.6) is 0 Å². The second-order valence-corrected chi connectivity index (χ2v) is 5.38. The molecule has 0 bridgehead atoms. The fourth-order valence-electron chi connectivity index (χ4n) is 2.06. The Labute approximate surface area is 145 Å². The molecule has 1 aromatic heterocycles. The van der Waals surface area contributed by atoms with Crippen LogP contribution in [0.25, 0.3) is 11.3 Å². The number of furan rings is 1. The summed E-state index contributed by atoms with van der Waals surface area (Å²) in [7, 11) is 0. The number of esters is 1. The maximum absolute atomic E-state index is 12.1. The highest BCUT2D eigenvalue weighted by Gasteiger charge is 2.21. The number of amides is 1. The summed E-state index contributed by atoms with van der Waals surface area (Å²) < 4.78 is 10.6. The molecule has 1 atom stereocenters. The second kappa shape index (κ2) is 8.10. The second-order valence-electron chi connectivity index (χ2n) is 5.38. The number of ether oxygens (including phenoxy) is 1. The highest BCUT2D eigenvalue weighted by atomic mass is 16.6. The predicted octanol–water partition coefficient (Wildman–Crippen LogP) is 3.00. The number of rotatable bonds is 7. The van der Waals surface area contributed by atoms with Crippen LogP contribution < -0.4 is 5.32 Å². The van der Waals surface area contributed by atoms with Crippen LogP contribution in [-0.2, 0) is 9.53 Å². The number of Topliss-reactive ketones (excluding diaryl/α,β-unsaturated/α-hetero) is 1. The van der Waals surface area contributed by atoms with E-state index >= 15 is 0 Å². The minimum absolute atomic E-state index is 0.00554. The van der Waals surface area contributed by atoms with Gasteiger partial charge in [-0.1, -0.05) is 30.3 Å². The molecule has 25 heavy (non-hydrogen) atoms. The highest BCUT2D eigenvalue weighted by Crippen LogP contribution is 2.23. The van der Waals surface area contributed by atoms with Crippen LogP contribution in [0.3, 0.4) is 0 Å². The molecule has 6 heteroatoms. The average Bonchev–Trinajstić information content (AvgIpc) is 3.09. The molecule has 1 aromatic carbocycles. The van der Waals surface area contributed by atoms with Crippen molar-refractivity contribution >= 4 is 17.7 Å². The van der Waals surface area contributed by atoms with Gasteiger partial charge in [0.05, 0.1) is 0 Å². The molecule has 1 amide bonds. The Hall–Kier alpha value is -3.15. The van der Waals surface area contributed by atoms with Gasteiger partial charge in [0.15, 0.2) is 11.9 Å². The van der Waals surface area contributed by atoms with Crippen LogP contribution >= 0.6 is 0 Å². The summed E-state index contributed by atoms with van der Waals surface area (Å²) in [4.78, 5) is 35.0. The Kier molecular flexibility index (Phi) is 5.89. The Morgan fingerprint density at radius 3 is 2.48 bits per heavy atom. The molecule has 0 aliphatic carbocycles. The lowest BCUT2D eigenvalue weighted by molar-refractivity contribution is -0.128. The van der Waals surface area contributed by atoms with Crippen molar-refractivity contribution in [1.82, 2.24) is 5.32 Å². The summed E-state index contributed by atoms with van der Waals surface area (Å²) in [6, 6.07) is 9.94. The summed E-state index contributed by atoms with van der Waals surface area (Å²) in [6.45, 7) is 6.75. The lowest BCUT2D eigenvalue weighted by Crippen LogP contribution is -2.35. The fourth-order valence-corrected chi connectivity index (χ4v) is 2.06. The van der Waals surface area contributed by atoms with E-state index in [4.69, 9.17) is 9.15 Å². The average molecular weight is 341 g/mol. The standard InChI is InChI=1S/C19H19NO5/c1-4-11-20-18(22)13(3)24-19(23)17-10-9-16(25-17)15-7-5-14(6-8-15)12(2)21/h4-10,13H,1,11H2,2-3H3,(H,20,22)/t13-/m1/s1. The third-order valence-corrected chi connectivity index (χ3v) is 3.46. The molecule has 0 aliphatic rings. The number of hydrogen-bond acceptors (Lipinski definition) is 5. The van der Waals surface area contributed by atoms with E-state index in [1.54, 1.807) is 30.3 Å². The molecule has 0 fully saturated rings. The molecule has 1 N–H and O–H groups in total. The molecule has 0 radical (unpaired) electrons. The first-order chi connectivity index (χ1) is 11.9. The molecule has 0 saturated heterocycles. The molecule has 0 spiro atoms. The van der Waals surface area contributed by atoms with Crippen molar-refractivity contribution in [3.63, 3.8) is 0 Å². The van der Waals surface area contributed by atoms with Crippen molar-refractivity contribution in [1.29, 1.82) is 0 Å². The van der Waals surface area contributed by atoms with Gasteiger partial charge in [0.2, 0.25) is 5.76 Å². The van der Waals surface area contributed by atoms with Crippen molar-refractivity contribution < 1.29 is 23.5 Å². The van der Waals surface area contributed by atoms with E-state index in [0.717, 1.165) is 5.56 Å². The maximum atomic E-state index is 12.1. The van der Waals surface area contributed by atoms with E-state index in [0.29, 0.717) is 17.9 Å². The number of hydrogen-bond donors (Lipinski definition) is 1. The van der Waals surface area contributed by atoms with E-state index in [1.807, 2.05) is 0 Å². The zero-order valence-corrected chi connectivity index (χ0v) is 14.1. The molecule has 0 saturated carbocycles. The predicted molar refractivity (Wildman–Crippen MR) is 92.2 cm³/mol. The molecular weight excluding hydrogens is 322 g/mol. The van der Waals surface area contributed by atoms with Crippen LogP contribution in [0.4, 0.5) is 0 Å². The zero-order valence-electron chi connectivity index (χ0n) is 14.1. The van der Waals surface area contributed by atoms with E-state index in [-0.39, 0.29) is 11.5 Å². The van der Waals surface area contributed by atoms with Crippen LogP contribution in [-0.4, -0.2) is 30.3 Å². The first-order valence-corrected chi connectivity index (χ1v) is 7.73. The van der Waals surface area contributed by atoms with Crippen LogP contribution in [0.2, 0.25) is 0 Å². The number of carbonyl (C=O) groups is 3. The third kappa shape index (κ3) is 4.67. The molecular formula is C19H19NO5. The van der Waals surface area contributed by atoms with E-state index < -0.39 is 18.0 Å². The maximum Gasteiger partial charge on any atom is 0.375 e. The molecule has 6 nitrogen and oxygen atoms in total. The van der Waals surface area contributed by atoms with Crippen LogP contribution in [0, 0.1) is 0 Å². The van der Waals surface area contributed by atoms with Gasteiger partial charge in [-0.15, -0.1) is 6.58 Å². The number of benzene rings is 1.